The normalized spacial score (nSPS) is 14.4. The standard InChI is InChI=1S/C20H15BrCl2N2O4/c21-18-14-10-17(20(27)28)29-16(14)2-1-15(18)24-3-5-25(6-4-24)19(26)11-7-12(22)9-13(23)8-11/h1-2,7-10H,3-6H2,(H,27,28). The molecule has 3 aromatic rings. The second kappa shape index (κ2) is 7.89. The number of benzene rings is 2. The molecule has 2 aromatic carbocycles. The first kappa shape index (κ1) is 20.1. The fraction of sp³-hybridized carbons (Fsp3) is 0.200. The smallest absolute Gasteiger partial charge is 0.371 e. The monoisotopic (exact) mass is 496 g/mol. The lowest BCUT2D eigenvalue weighted by molar-refractivity contribution is 0.0664. The van der Waals surface area contributed by atoms with Gasteiger partial charge in [0.1, 0.15) is 5.58 Å². The van der Waals surface area contributed by atoms with Crippen molar-refractivity contribution in [1.82, 2.24) is 4.90 Å². The lowest BCUT2D eigenvalue weighted by Gasteiger charge is -2.36. The van der Waals surface area contributed by atoms with Crippen LogP contribution in [0.2, 0.25) is 10.0 Å². The van der Waals surface area contributed by atoms with E-state index < -0.39 is 5.97 Å². The molecule has 4 rings (SSSR count). The molecule has 0 unspecified atom stereocenters. The molecular weight excluding hydrogens is 483 g/mol. The fourth-order valence-electron chi connectivity index (χ4n) is 3.43. The van der Waals surface area contributed by atoms with Gasteiger partial charge in [0.25, 0.3) is 5.91 Å². The number of piperazine rings is 1. The summed E-state index contributed by atoms with van der Waals surface area (Å²) in [6.07, 6.45) is 0. The van der Waals surface area contributed by atoms with Gasteiger partial charge >= 0.3 is 5.97 Å². The molecule has 29 heavy (non-hydrogen) atoms. The summed E-state index contributed by atoms with van der Waals surface area (Å²) >= 11 is 15.6. The van der Waals surface area contributed by atoms with E-state index in [1.54, 1.807) is 29.2 Å². The number of amides is 1. The van der Waals surface area contributed by atoms with E-state index in [2.05, 4.69) is 20.8 Å². The van der Waals surface area contributed by atoms with Gasteiger partial charge in [-0.05, 0) is 46.3 Å². The van der Waals surface area contributed by atoms with Gasteiger partial charge in [-0.1, -0.05) is 23.2 Å². The van der Waals surface area contributed by atoms with Gasteiger partial charge in [-0.2, -0.15) is 0 Å². The fourth-order valence-corrected chi connectivity index (χ4v) is 4.64. The lowest BCUT2D eigenvalue weighted by atomic mass is 10.1. The number of rotatable bonds is 3. The number of halogens is 3. The number of aromatic carboxylic acids is 1. The van der Waals surface area contributed by atoms with Crippen molar-refractivity contribution in [3.8, 4) is 0 Å². The molecule has 0 aliphatic carbocycles. The second-order valence-corrected chi connectivity index (χ2v) is 8.33. The van der Waals surface area contributed by atoms with Crippen molar-refractivity contribution in [3.63, 3.8) is 0 Å². The van der Waals surface area contributed by atoms with E-state index in [1.165, 1.54) is 6.07 Å². The van der Waals surface area contributed by atoms with Crippen LogP contribution in [0.3, 0.4) is 0 Å². The summed E-state index contributed by atoms with van der Waals surface area (Å²) in [4.78, 5) is 27.8. The summed E-state index contributed by atoms with van der Waals surface area (Å²) in [5.74, 6) is -1.32. The highest BCUT2D eigenvalue weighted by molar-refractivity contribution is 9.10. The Morgan fingerprint density at radius 1 is 1.00 bits per heavy atom. The van der Waals surface area contributed by atoms with Crippen molar-refractivity contribution < 1.29 is 19.1 Å². The number of carbonyl (C=O) groups is 2. The van der Waals surface area contributed by atoms with E-state index >= 15 is 0 Å². The third-order valence-corrected chi connectivity index (χ3v) is 6.11. The van der Waals surface area contributed by atoms with Crippen molar-refractivity contribution in [2.24, 2.45) is 0 Å². The molecule has 1 aliphatic heterocycles. The molecule has 1 N–H and O–H groups in total. The molecule has 1 saturated heterocycles. The number of anilines is 1. The van der Waals surface area contributed by atoms with Crippen LogP contribution >= 0.6 is 39.1 Å². The van der Waals surface area contributed by atoms with Crippen LogP contribution in [0.4, 0.5) is 5.69 Å². The van der Waals surface area contributed by atoms with Crippen molar-refractivity contribution in [3.05, 3.63) is 62.2 Å². The Kier molecular flexibility index (Phi) is 5.46. The number of fused-ring (bicyclic) bond motifs is 1. The van der Waals surface area contributed by atoms with Crippen LogP contribution in [0.1, 0.15) is 20.9 Å². The Bertz CT molecular complexity index is 1100. The first-order valence-electron chi connectivity index (χ1n) is 8.79. The van der Waals surface area contributed by atoms with Gasteiger partial charge in [0.05, 0.1) is 10.2 Å². The van der Waals surface area contributed by atoms with Gasteiger partial charge < -0.3 is 19.3 Å². The summed E-state index contributed by atoms with van der Waals surface area (Å²) in [6, 6.07) is 9.98. The van der Waals surface area contributed by atoms with E-state index in [0.717, 1.165) is 10.2 Å². The number of carbonyl (C=O) groups excluding carboxylic acids is 1. The number of furan rings is 1. The van der Waals surface area contributed by atoms with Gasteiger partial charge in [0.15, 0.2) is 0 Å². The third kappa shape index (κ3) is 3.95. The molecule has 9 heteroatoms. The van der Waals surface area contributed by atoms with E-state index in [0.29, 0.717) is 52.8 Å². The zero-order valence-electron chi connectivity index (χ0n) is 15.0. The molecule has 6 nitrogen and oxygen atoms in total. The van der Waals surface area contributed by atoms with E-state index in [4.69, 9.17) is 32.7 Å². The number of carboxylic acids is 1. The van der Waals surface area contributed by atoms with Crippen LogP contribution in [0.5, 0.6) is 0 Å². The van der Waals surface area contributed by atoms with Crippen LogP contribution in [0, 0.1) is 0 Å². The third-order valence-electron chi connectivity index (χ3n) is 4.84. The Morgan fingerprint density at radius 3 is 2.28 bits per heavy atom. The summed E-state index contributed by atoms with van der Waals surface area (Å²) in [6.45, 7) is 2.35. The van der Waals surface area contributed by atoms with Crippen molar-refractivity contribution >= 4 is 67.7 Å². The minimum Gasteiger partial charge on any atom is -0.475 e. The largest absolute Gasteiger partial charge is 0.475 e. The molecule has 1 fully saturated rings. The summed E-state index contributed by atoms with van der Waals surface area (Å²) < 4.78 is 6.12. The second-order valence-electron chi connectivity index (χ2n) is 6.66. The predicted octanol–water partition coefficient (Wildman–Crippen LogP) is 5.16. The molecule has 0 spiro atoms. The molecule has 0 bridgehead atoms. The Balaban J connectivity index is 1.51. The van der Waals surface area contributed by atoms with Crippen molar-refractivity contribution in [2.45, 2.75) is 0 Å². The van der Waals surface area contributed by atoms with Gasteiger partial charge in [0, 0.05) is 53.2 Å². The Hall–Kier alpha value is -2.22. The van der Waals surface area contributed by atoms with Crippen LogP contribution in [0.25, 0.3) is 11.0 Å². The highest BCUT2D eigenvalue weighted by atomic mass is 79.9. The summed E-state index contributed by atoms with van der Waals surface area (Å²) in [7, 11) is 0. The molecule has 150 valence electrons. The quantitative estimate of drug-likeness (QED) is 0.540. The maximum atomic E-state index is 12.8. The predicted molar refractivity (Wildman–Crippen MR) is 115 cm³/mol. The van der Waals surface area contributed by atoms with Crippen LogP contribution in [0.15, 0.2) is 45.3 Å². The zero-order chi connectivity index (χ0) is 20.7. The van der Waals surface area contributed by atoms with E-state index in [-0.39, 0.29) is 11.7 Å². The highest BCUT2D eigenvalue weighted by Crippen LogP contribution is 2.36. The minimum absolute atomic E-state index is 0.103. The number of hydrogen-bond donors (Lipinski definition) is 1. The first-order valence-corrected chi connectivity index (χ1v) is 10.3. The number of carboxylic acid groups (broad SMARTS) is 1. The van der Waals surface area contributed by atoms with Crippen molar-refractivity contribution in [2.75, 3.05) is 31.1 Å². The molecule has 2 heterocycles. The van der Waals surface area contributed by atoms with Gasteiger partial charge in [-0.3, -0.25) is 4.79 Å². The zero-order valence-corrected chi connectivity index (χ0v) is 18.1. The number of hydrogen-bond acceptors (Lipinski definition) is 4. The lowest BCUT2D eigenvalue weighted by Crippen LogP contribution is -2.48. The van der Waals surface area contributed by atoms with E-state index in [9.17, 15) is 9.59 Å². The molecular formula is C20H15BrCl2N2O4. The molecule has 1 aliphatic rings. The Morgan fingerprint density at radius 2 is 1.66 bits per heavy atom. The van der Waals surface area contributed by atoms with E-state index in [1.807, 2.05) is 6.07 Å². The maximum absolute atomic E-state index is 12.8. The molecule has 0 radical (unpaired) electrons. The van der Waals surface area contributed by atoms with Crippen LogP contribution in [-0.4, -0.2) is 48.1 Å². The van der Waals surface area contributed by atoms with Crippen LogP contribution in [-0.2, 0) is 0 Å². The summed E-state index contributed by atoms with van der Waals surface area (Å²) in [5, 5.41) is 10.7. The number of nitrogens with zero attached hydrogens (tertiary/aromatic N) is 2. The minimum atomic E-state index is -1.11. The molecule has 0 saturated carbocycles. The first-order chi connectivity index (χ1) is 13.8. The topological polar surface area (TPSA) is 74.0 Å². The molecule has 0 atom stereocenters. The van der Waals surface area contributed by atoms with Gasteiger partial charge in [0.2, 0.25) is 5.76 Å². The van der Waals surface area contributed by atoms with Gasteiger partial charge in [-0.25, -0.2) is 4.79 Å². The average molecular weight is 498 g/mol. The maximum Gasteiger partial charge on any atom is 0.371 e. The molecule has 1 amide bonds. The van der Waals surface area contributed by atoms with Crippen molar-refractivity contribution in [1.29, 1.82) is 0 Å². The molecule has 1 aromatic heterocycles. The summed E-state index contributed by atoms with van der Waals surface area (Å²) in [5.41, 5.74) is 1.90. The Labute approximate surface area is 184 Å². The average Bonchev–Trinajstić information content (AvgIpc) is 3.13. The highest BCUT2D eigenvalue weighted by Gasteiger charge is 2.25. The SMILES string of the molecule is O=C(O)c1cc2c(Br)c(N3CCN(C(=O)c4cc(Cl)cc(Cl)c4)CC3)ccc2o1. The van der Waals surface area contributed by atoms with Gasteiger partial charge in [-0.15, -0.1) is 0 Å². The van der Waals surface area contributed by atoms with Crippen LogP contribution < -0.4 is 4.90 Å².